The van der Waals surface area contributed by atoms with Crippen molar-refractivity contribution >= 4 is 9.84 Å². The zero-order chi connectivity index (χ0) is 13.9. The molecule has 0 bridgehead atoms. The molecule has 0 N–H and O–H groups in total. The van der Waals surface area contributed by atoms with E-state index in [1.165, 1.54) is 24.8 Å². The maximum atomic E-state index is 10.8. The van der Waals surface area contributed by atoms with Crippen LogP contribution < -0.4 is 0 Å². The molecule has 108 valence electrons. The molecule has 0 aromatic rings. The Morgan fingerprint density at radius 3 is 2.16 bits per heavy atom. The SMILES string of the molecule is CC1=CCC2(CC1)COC2.CC1=CCS(=O)(=O)CC1. The van der Waals surface area contributed by atoms with Crippen LogP contribution in [0.25, 0.3) is 0 Å². The highest BCUT2D eigenvalue weighted by Crippen LogP contribution is 2.41. The van der Waals surface area contributed by atoms with Gasteiger partial charge in [0.25, 0.3) is 0 Å². The van der Waals surface area contributed by atoms with E-state index in [4.69, 9.17) is 4.74 Å². The van der Waals surface area contributed by atoms with Crippen molar-refractivity contribution in [2.24, 2.45) is 5.41 Å². The van der Waals surface area contributed by atoms with Crippen LogP contribution in [-0.2, 0) is 14.6 Å². The first-order valence-electron chi connectivity index (χ1n) is 7.00. The molecule has 19 heavy (non-hydrogen) atoms. The minimum absolute atomic E-state index is 0.249. The molecule has 0 atom stereocenters. The van der Waals surface area contributed by atoms with Gasteiger partial charge in [0.2, 0.25) is 0 Å². The summed E-state index contributed by atoms with van der Waals surface area (Å²) in [4.78, 5) is 0. The molecule has 0 saturated carbocycles. The second-order valence-corrected chi connectivity index (χ2v) is 8.39. The van der Waals surface area contributed by atoms with Crippen LogP contribution in [-0.4, -0.2) is 33.1 Å². The smallest absolute Gasteiger partial charge is 0.154 e. The summed E-state index contributed by atoms with van der Waals surface area (Å²) in [6, 6.07) is 0. The third-order valence-electron chi connectivity index (χ3n) is 4.24. The first-order chi connectivity index (χ1) is 8.91. The Labute approximate surface area is 116 Å². The van der Waals surface area contributed by atoms with Crippen LogP contribution in [0.4, 0.5) is 0 Å². The number of sulfone groups is 1. The van der Waals surface area contributed by atoms with Gasteiger partial charge in [-0.1, -0.05) is 23.3 Å². The molecule has 0 amide bonds. The minimum Gasteiger partial charge on any atom is -0.380 e. The van der Waals surface area contributed by atoms with E-state index in [0.717, 1.165) is 19.6 Å². The average Bonchev–Trinajstić information content (AvgIpc) is 2.33. The van der Waals surface area contributed by atoms with Crippen LogP contribution in [0.1, 0.15) is 39.5 Å². The number of rotatable bonds is 0. The van der Waals surface area contributed by atoms with E-state index in [-0.39, 0.29) is 5.75 Å². The van der Waals surface area contributed by atoms with Crippen molar-refractivity contribution in [2.45, 2.75) is 39.5 Å². The second-order valence-electron chi connectivity index (χ2n) is 6.16. The van der Waals surface area contributed by atoms with Gasteiger partial charge in [-0.15, -0.1) is 0 Å². The highest BCUT2D eigenvalue weighted by Gasteiger charge is 2.38. The molecule has 0 radical (unpaired) electrons. The van der Waals surface area contributed by atoms with E-state index < -0.39 is 9.84 Å². The molecule has 1 fully saturated rings. The molecule has 2 aliphatic heterocycles. The van der Waals surface area contributed by atoms with E-state index in [0.29, 0.717) is 11.2 Å². The predicted octanol–water partition coefficient (Wildman–Crippen LogP) is 2.88. The van der Waals surface area contributed by atoms with Crippen molar-refractivity contribution < 1.29 is 13.2 Å². The van der Waals surface area contributed by atoms with Gasteiger partial charge in [0.1, 0.15) is 0 Å². The summed E-state index contributed by atoms with van der Waals surface area (Å²) in [5.41, 5.74) is 3.35. The Kier molecular flexibility index (Phi) is 4.51. The second kappa shape index (κ2) is 5.80. The molecule has 4 heteroatoms. The van der Waals surface area contributed by atoms with Gasteiger partial charge >= 0.3 is 0 Å². The lowest BCUT2D eigenvalue weighted by molar-refractivity contribution is -0.117. The average molecular weight is 284 g/mol. The molecule has 0 aromatic heterocycles. The fourth-order valence-electron chi connectivity index (χ4n) is 2.48. The van der Waals surface area contributed by atoms with E-state index in [9.17, 15) is 8.42 Å². The zero-order valence-electron chi connectivity index (χ0n) is 11.9. The topological polar surface area (TPSA) is 43.4 Å². The summed E-state index contributed by atoms with van der Waals surface area (Å²) in [5, 5.41) is 0. The van der Waals surface area contributed by atoms with Gasteiger partial charge in [-0.3, -0.25) is 0 Å². The van der Waals surface area contributed by atoms with Crippen molar-refractivity contribution in [2.75, 3.05) is 24.7 Å². The largest absolute Gasteiger partial charge is 0.380 e. The van der Waals surface area contributed by atoms with Gasteiger partial charge in [0.05, 0.1) is 24.7 Å². The van der Waals surface area contributed by atoms with E-state index in [1.807, 2.05) is 6.92 Å². The van der Waals surface area contributed by atoms with Crippen molar-refractivity contribution in [1.29, 1.82) is 0 Å². The predicted molar refractivity (Wildman–Crippen MR) is 77.9 cm³/mol. The summed E-state index contributed by atoms with van der Waals surface area (Å²) in [5.74, 6) is 0.591. The summed E-state index contributed by atoms with van der Waals surface area (Å²) in [7, 11) is -2.69. The first-order valence-corrected chi connectivity index (χ1v) is 8.82. The van der Waals surface area contributed by atoms with Gasteiger partial charge in [0, 0.05) is 5.41 Å². The third kappa shape index (κ3) is 4.18. The van der Waals surface area contributed by atoms with Crippen molar-refractivity contribution in [1.82, 2.24) is 0 Å². The fraction of sp³-hybridized carbons (Fsp3) is 0.733. The molecule has 3 nitrogen and oxygen atoms in total. The van der Waals surface area contributed by atoms with Crippen LogP contribution in [0.15, 0.2) is 23.3 Å². The molecule has 0 unspecified atom stereocenters. The summed E-state index contributed by atoms with van der Waals surface area (Å²) < 4.78 is 26.7. The zero-order valence-corrected chi connectivity index (χ0v) is 12.8. The quantitative estimate of drug-likeness (QED) is 0.642. The molecule has 1 aliphatic carbocycles. The normalized spacial score (nSPS) is 27.5. The highest BCUT2D eigenvalue weighted by molar-refractivity contribution is 7.91. The number of allylic oxidation sites excluding steroid dienone is 3. The lowest BCUT2D eigenvalue weighted by Gasteiger charge is -2.43. The Morgan fingerprint density at radius 1 is 1.11 bits per heavy atom. The van der Waals surface area contributed by atoms with Crippen molar-refractivity contribution in [3.63, 3.8) is 0 Å². The van der Waals surface area contributed by atoms with E-state index in [2.05, 4.69) is 13.0 Å². The maximum absolute atomic E-state index is 10.8. The lowest BCUT2D eigenvalue weighted by Crippen LogP contribution is -2.43. The van der Waals surface area contributed by atoms with Crippen LogP contribution >= 0.6 is 0 Å². The first kappa shape index (κ1) is 14.8. The molecule has 3 aliphatic rings. The van der Waals surface area contributed by atoms with Gasteiger partial charge in [-0.2, -0.15) is 0 Å². The van der Waals surface area contributed by atoms with Crippen molar-refractivity contribution in [3.05, 3.63) is 23.3 Å². The number of hydrogen-bond donors (Lipinski definition) is 0. The molecule has 1 spiro atoms. The molecule has 1 saturated heterocycles. The number of hydrogen-bond acceptors (Lipinski definition) is 3. The number of ether oxygens (including phenoxy) is 1. The molecular weight excluding hydrogens is 260 g/mol. The molecule has 3 rings (SSSR count). The Morgan fingerprint density at radius 2 is 1.79 bits per heavy atom. The lowest BCUT2D eigenvalue weighted by atomic mass is 9.74. The standard InChI is InChI=1S/C9H14O.C6H10O2S/c1-8-2-4-9(5-3-8)6-10-7-9;1-6-2-4-9(7,8)5-3-6/h2H,3-7H2,1H3;2H,3-5H2,1H3. The van der Waals surface area contributed by atoms with Crippen LogP contribution in [0.2, 0.25) is 0 Å². The maximum Gasteiger partial charge on any atom is 0.154 e. The molecular formula is C15H24O3S. The van der Waals surface area contributed by atoms with Crippen LogP contribution in [0, 0.1) is 5.41 Å². The van der Waals surface area contributed by atoms with Gasteiger partial charge < -0.3 is 4.74 Å². The van der Waals surface area contributed by atoms with Crippen molar-refractivity contribution in [3.8, 4) is 0 Å². The minimum atomic E-state index is -2.69. The summed E-state index contributed by atoms with van der Waals surface area (Å²) >= 11 is 0. The Hall–Kier alpha value is -0.610. The van der Waals surface area contributed by atoms with E-state index in [1.54, 1.807) is 11.6 Å². The fourth-order valence-corrected chi connectivity index (χ4v) is 3.82. The summed E-state index contributed by atoms with van der Waals surface area (Å²) in [6.07, 6.45) is 8.81. The van der Waals surface area contributed by atoms with E-state index >= 15 is 0 Å². The monoisotopic (exact) mass is 284 g/mol. The van der Waals surface area contributed by atoms with Gasteiger partial charge in [0.15, 0.2) is 9.84 Å². The van der Waals surface area contributed by atoms with Gasteiger partial charge in [-0.05, 0) is 39.5 Å². The molecule has 0 aromatic carbocycles. The third-order valence-corrected chi connectivity index (χ3v) is 5.74. The highest BCUT2D eigenvalue weighted by atomic mass is 32.2. The summed E-state index contributed by atoms with van der Waals surface area (Å²) in [6.45, 7) is 6.22. The molecule has 2 heterocycles. The Balaban J connectivity index is 0.000000141. The van der Waals surface area contributed by atoms with Crippen LogP contribution in [0.5, 0.6) is 0 Å². The Bertz CT molecular complexity index is 482. The van der Waals surface area contributed by atoms with Crippen LogP contribution in [0.3, 0.4) is 0 Å². The van der Waals surface area contributed by atoms with Gasteiger partial charge in [-0.25, -0.2) is 8.42 Å².